The number of H-pyrrole nitrogens is 2. The van der Waals surface area contributed by atoms with E-state index >= 15 is 0 Å². The molecule has 7 atom stereocenters. The molecule has 0 bridgehead atoms. The molecule has 7 unspecified atom stereocenters. The van der Waals surface area contributed by atoms with Gasteiger partial charge in [-0.25, -0.2) is 0 Å². The molecule has 0 aromatic carbocycles. The molecule has 1 heterocycles. The Morgan fingerprint density at radius 1 is 1.00 bits per heavy atom. The van der Waals surface area contributed by atoms with Crippen LogP contribution in [0.5, 0.6) is 0 Å². The van der Waals surface area contributed by atoms with Crippen molar-refractivity contribution in [1.82, 2.24) is 10.2 Å². The van der Waals surface area contributed by atoms with E-state index in [2.05, 4.69) is 31.0 Å². The van der Waals surface area contributed by atoms with Crippen molar-refractivity contribution in [1.29, 1.82) is 0 Å². The van der Waals surface area contributed by atoms with Gasteiger partial charge in [-0.15, -0.1) is 0 Å². The number of rotatable bonds is 0. The maximum Gasteiger partial charge on any atom is 0.267 e. The quantitative estimate of drug-likeness (QED) is 0.675. The second-order valence-electron chi connectivity index (χ2n) is 10.3. The number of nitrogens with one attached hydrogen (secondary N) is 2. The van der Waals surface area contributed by atoms with Gasteiger partial charge in [-0.2, -0.15) is 0 Å². The summed E-state index contributed by atoms with van der Waals surface area (Å²) in [6.45, 7) is 6.90. The first-order chi connectivity index (χ1) is 11.8. The minimum Gasteiger partial charge on any atom is -0.390 e. The predicted molar refractivity (Wildman–Crippen MR) is 97.3 cm³/mol. The Balaban J connectivity index is 1.52. The van der Waals surface area contributed by atoms with Crippen molar-refractivity contribution in [2.45, 2.75) is 77.7 Å². The van der Waals surface area contributed by atoms with Crippen molar-refractivity contribution in [2.24, 2.45) is 34.5 Å². The van der Waals surface area contributed by atoms with E-state index in [0.29, 0.717) is 17.8 Å². The monoisotopic (exact) mass is 344 g/mol. The molecule has 4 aliphatic rings. The van der Waals surface area contributed by atoms with Crippen molar-refractivity contribution in [3.05, 3.63) is 21.6 Å². The first kappa shape index (κ1) is 16.2. The van der Waals surface area contributed by atoms with Gasteiger partial charge in [-0.1, -0.05) is 13.8 Å². The summed E-state index contributed by atoms with van der Waals surface area (Å²) in [7, 11) is 0. The van der Waals surface area contributed by atoms with Crippen LogP contribution in [0.15, 0.2) is 4.79 Å². The Bertz CT molecular complexity index is 762. The molecule has 0 spiro atoms. The lowest BCUT2D eigenvalue weighted by Crippen LogP contribution is -2.56. The molecule has 138 valence electrons. The van der Waals surface area contributed by atoms with Crippen LogP contribution >= 0.6 is 0 Å². The fraction of sp³-hybridized carbons (Fsp3) is 0.857. The van der Waals surface area contributed by atoms with Gasteiger partial charge in [0.05, 0.1) is 5.60 Å². The third kappa shape index (κ3) is 1.90. The summed E-state index contributed by atoms with van der Waals surface area (Å²) >= 11 is 0. The van der Waals surface area contributed by atoms with Gasteiger partial charge in [0.2, 0.25) is 0 Å². The summed E-state index contributed by atoms with van der Waals surface area (Å²) in [5.74, 6) is 2.79. The van der Waals surface area contributed by atoms with E-state index in [1.54, 1.807) is 0 Å². The molecule has 4 nitrogen and oxygen atoms in total. The highest BCUT2D eigenvalue weighted by Crippen LogP contribution is 2.67. The normalized spacial score (nSPS) is 51.4. The third-order valence-electron chi connectivity index (χ3n) is 9.60. The molecule has 3 saturated carbocycles. The maximum atomic E-state index is 12.2. The smallest absolute Gasteiger partial charge is 0.267 e. The molecule has 3 fully saturated rings. The van der Waals surface area contributed by atoms with E-state index in [9.17, 15) is 9.90 Å². The van der Waals surface area contributed by atoms with Gasteiger partial charge >= 0.3 is 0 Å². The molecule has 0 amide bonds. The summed E-state index contributed by atoms with van der Waals surface area (Å²) in [5.41, 5.74) is 2.12. The van der Waals surface area contributed by atoms with E-state index in [1.165, 1.54) is 25.7 Å². The van der Waals surface area contributed by atoms with Crippen LogP contribution in [-0.4, -0.2) is 20.9 Å². The van der Waals surface area contributed by atoms with Crippen molar-refractivity contribution in [3.63, 3.8) is 0 Å². The molecule has 5 rings (SSSR count). The average molecular weight is 344 g/mol. The summed E-state index contributed by atoms with van der Waals surface area (Å²) < 4.78 is 0. The molecule has 0 aliphatic heterocycles. The molecule has 4 heteroatoms. The second-order valence-corrected chi connectivity index (χ2v) is 10.3. The molecule has 0 saturated heterocycles. The predicted octanol–water partition coefficient (Wildman–Crippen LogP) is 3.41. The number of fused-ring (bicyclic) bond motifs is 6. The van der Waals surface area contributed by atoms with Gasteiger partial charge in [0.25, 0.3) is 5.56 Å². The van der Waals surface area contributed by atoms with Gasteiger partial charge in [0.1, 0.15) is 0 Å². The van der Waals surface area contributed by atoms with Gasteiger partial charge in [0.15, 0.2) is 0 Å². The van der Waals surface area contributed by atoms with Crippen LogP contribution in [0.2, 0.25) is 0 Å². The van der Waals surface area contributed by atoms with Gasteiger partial charge in [-0.3, -0.25) is 9.89 Å². The SMILES string of the molecule is CC12Cc3c([nH][nH]c3=O)CC1CCC1C2CCC2(C)C1CCC2(C)O. The van der Waals surface area contributed by atoms with Crippen LogP contribution in [0.25, 0.3) is 0 Å². The average Bonchev–Trinajstić information content (AvgIpc) is 3.02. The first-order valence-corrected chi connectivity index (χ1v) is 10.3. The Morgan fingerprint density at radius 2 is 1.76 bits per heavy atom. The highest BCUT2D eigenvalue weighted by atomic mass is 16.3. The van der Waals surface area contributed by atoms with Crippen molar-refractivity contribution in [3.8, 4) is 0 Å². The summed E-state index contributed by atoms with van der Waals surface area (Å²) in [5, 5.41) is 17.0. The number of hydrogen-bond donors (Lipinski definition) is 3. The van der Waals surface area contributed by atoms with Crippen LogP contribution in [0.1, 0.15) is 70.6 Å². The Morgan fingerprint density at radius 3 is 2.56 bits per heavy atom. The Kier molecular flexibility index (Phi) is 3.12. The van der Waals surface area contributed by atoms with Crippen LogP contribution in [0.3, 0.4) is 0 Å². The maximum absolute atomic E-state index is 12.2. The van der Waals surface area contributed by atoms with Crippen molar-refractivity contribution >= 4 is 0 Å². The van der Waals surface area contributed by atoms with E-state index in [0.717, 1.165) is 42.9 Å². The van der Waals surface area contributed by atoms with Gasteiger partial charge in [-0.05, 0) is 92.8 Å². The summed E-state index contributed by atoms with van der Waals surface area (Å²) in [6.07, 6.45) is 9.06. The lowest BCUT2D eigenvalue weighted by atomic mass is 9.44. The standard InChI is InChI=1S/C21H32N2O2/c1-19-11-14-17(22-23-18(14)24)10-12(19)4-5-13-15(19)6-8-20(2)16(13)7-9-21(20,3)25/h12-13,15-16,25H,4-11H2,1-3H3,(H2,22,23,24). The van der Waals surface area contributed by atoms with E-state index in [1.807, 2.05) is 0 Å². The van der Waals surface area contributed by atoms with Crippen LogP contribution in [0, 0.1) is 34.5 Å². The number of aromatic amines is 2. The van der Waals surface area contributed by atoms with Crippen LogP contribution in [-0.2, 0) is 12.8 Å². The van der Waals surface area contributed by atoms with Crippen molar-refractivity contribution in [2.75, 3.05) is 0 Å². The highest BCUT2D eigenvalue weighted by Gasteiger charge is 2.63. The number of aliphatic hydroxyl groups is 1. The number of aromatic nitrogens is 2. The van der Waals surface area contributed by atoms with E-state index < -0.39 is 5.60 Å². The Hall–Kier alpha value is -1.03. The zero-order valence-electron chi connectivity index (χ0n) is 15.8. The molecule has 25 heavy (non-hydrogen) atoms. The summed E-state index contributed by atoms with van der Waals surface area (Å²) in [4.78, 5) is 12.2. The molecule has 4 aliphatic carbocycles. The number of hydrogen-bond acceptors (Lipinski definition) is 2. The fourth-order valence-electron chi connectivity index (χ4n) is 7.80. The Labute approximate surface area is 149 Å². The largest absolute Gasteiger partial charge is 0.390 e. The third-order valence-corrected chi connectivity index (χ3v) is 9.60. The topological polar surface area (TPSA) is 68.9 Å². The fourth-order valence-corrected chi connectivity index (χ4v) is 7.80. The van der Waals surface area contributed by atoms with E-state index in [-0.39, 0.29) is 16.4 Å². The molecular weight excluding hydrogens is 312 g/mol. The first-order valence-electron chi connectivity index (χ1n) is 10.3. The molecule has 0 radical (unpaired) electrons. The lowest BCUT2D eigenvalue weighted by Gasteiger charge is -2.60. The second kappa shape index (κ2) is 4.82. The minimum absolute atomic E-state index is 0.0861. The zero-order chi connectivity index (χ0) is 17.6. The van der Waals surface area contributed by atoms with Gasteiger partial charge in [0, 0.05) is 11.3 Å². The molecule has 1 aromatic heterocycles. The lowest BCUT2D eigenvalue weighted by molar-refractivity contribution is -0.139. The highest BCUT2D eigenvalue weighted by molar-refractivity contribution is 5.26. The minimum atomic E-state index is -0.502. The molecule has 3 N–H and O–H groups in total. The van der Waals surface area contributed by atoms with Crippen molar-refractivity contribution < 1.29 is 5.11 Å². The molecular formula is C21H32N2O2. The van der Waals surface area contributed by atoms with E-state index in [4.69, 9.17) is 0 Å². The van der Waals surface area contributed by atoms with Gasteiger partial charge < -0.3 is 10.2 Å². The summed E-state index contributed by atoms with van der Waals surface area (Å²) in [6, 6.07) is 0. The van der Waals surface area contributed by atoms with Crippen LogP contribution in [0.4, 0.5) is 0 Å². The molecule has 1 aromatic rings. The van der Waals surface area contributed by atoms with Crippen LogP contribution < -0.4 is 5.56 Å². The zero-order valence-corrected chi connectivity index (χ0v) is 15.8.